The third-order valence-corrected chi connectivity index (χ3v) is 2.89. The van der Waals surface area contributed by atoms with Gasteiger partial charge in [0.1, 0.15) is 0 Å². The second kappa shape index (κ2) is 18.8. The average Bonchev–Trinajstić information content (AvgIpc) is 2.47. The van der Waals surface area contributed by atoms with Crippen molar-refractivity contribution < 1.29 is 0 Å². The Balaban J connectivity index is 2.89. The van der Waals surface area contributed by atoms with Gasteiger partial charge in [-0.3, -0.25) is 0 Å². The molecule has 0 spiro atoms. The molecule has 0 aliphatic rings. The molecule has 0 radical (unpaired) electrons. The van der Waals surface area contributed by atoms with Gasteiger partial charge in [-0.15, -0.1) is 0 Å². The van der Waals surface area contributed by atoms with Gasteiger partial charge in [0.15, 0.2) is 0 Å². The van der Waals surface area contributed by atoms with Crippen LogP contribution in [0.2, 0.25) is 0 Å². The molecular weight excluding hydrogens is 252 g/mol. The molecule has 0 aliphatic carbocycles. The molecule has 122 valence electrons. The quantitative estimate of drug-likeness (QED) is 0.184. The van der Waals surface area contributed by atoms with Gasteiger partial charge in [0.25, 0.3) is 0 Å². The number of rotatable bonds is 17. The van der Waals surface area contributed by atoms with Crippen LogP contribution in [-0.2, 0) is 0 Å². The molecule has 0 atom stereocenters. The summed E-state index contributed by atoms with van der Waals surface area (Å²) >= 11 is 0. The Morgan fingerprint density at radius 2 is 0.750 bits per heavy atom. The van der Waals surface area contributed by atoms with Gasteiger partial charge in [-0.1, -0.05) is 6.92 Å². The van der Waals surface area contributed by atoms with Gasteiger partial charge < -0.3 is 31.9 Å². The van der Waals surface area contributed by atoms with Crippen LogP contribution in [0.1, 0.15) is 13.3 Å². The van der Waals surface area contributed by atoms with Crippen LogP contribution in [0.25, 0.3) is 0 Å². The summed E-state index contributed by atoms with van der Waals surface area (Å²) in [6.07, 6.45) is 1.21. The van der Waals surface area contributed by atoms with Crippen LogP contribution in [0, 0.1) is 0 Å². The minimum atomic E-state index is 1.03. The van der Waals surface area contributed by atoms with Crippen molar-refractivity contribution >= 4 is 0 Å². The van der Waals surface area contributed by atoms with Gasteiger partial charge >= 0.3 is 0 Å². The van der Waals surface area contributed by atoms with E-state index in [1.54, 1.807) is 0 Å². The van der Waals surface area contributed by atoms with E-state index in [1.165, 1.54) is 6.42 Å². The fraction of sp³-hybridized carbons (Fsp3) is 1.00. The highest BCUT2D eigenvalue weighted by Gasteiger charge is 1.90. The van der Waals surface area contributed by atoms with E-state index in [9.17, 15) is 0 Å². The highest BCUT2D eigenvalue weighted by Crippen LogP contribution is 1.68. The zero-order valence-corrected chi connectivity index (χ0v) is 13.5. The van der Waals surface area contributed by atoms with Gasteiger partial charge in [-0.05, 0) is 20.0 Å². The van der Waals surface area contributed by atoms with Gasteiger partial charge in [0.05, 0.1) is 0 Å². The maximum atomic E-state index is 3.42. The van der Waals surface area contributed by atoms with Gasteiger partial charge in [-0.2, -0.15) is 0 Å². The zero-order valence-electron chi connectivity index (χ0n) is 13.5. The fourth-order valence-corrected chi connectivity index (χ4v) is 1.72. The average molecular weight is 288 g/mol. The molecule has 0 amide bonds. The van der Waals surface area contributed by atoms with E-state index in [2.05, 4.69) is 38.8 Å². The van der Waals surface area contributed by atoms with E-state index in [1.807, 2.05) is 7.05 Å². The van der Waals surface area contributed by atoms with Gasteiger partial charge in [0.2, 0.25) is 0 Å². The normalized spacial score (nSPS) is 11.1. The molecule has 6 N–H and O–H groups in total. The third-order valence-electron chi connectivity index (χ3n) is 2.89. The van der Waals surface area contributed by atoms with Crippen molar-refractivity contribution in [1.82, 2.24) is 31.9 Å². The summed E-state index contributed by atoms with van der Waals surface area (Å²) in [6, 6.07) is 0. The molecule has 0 rings (SSSR count). The Kier molecular flexibility index (Phi) is 18.5. The number of likely N-dealkylation sites (N-methyl/N-ethyl adjacent to an activating group) is 1. The summed E-state index contributed by atoms with van der Waals surface area (Å²) in [4.78, 5) is 0. The van der Waals surface area contributed by atoms with Crippen molar-refractivity contribution in [3.05, 3.63) is 0 Å². The standard InChI is InChI=1S/C14H36N6/c1-3-4-16-7-8-18-11-12-20-14-13-19-10-9-17-6-5-15-2/h15-20H,3-14H2,1-2H3. The van der Waals surface area contributed by atoms with E-state index in [-0.39, 0.29) is 0 Å². The lowest BCUT2D eigenvalue weighted by molar-refractivity contribution is 0.555. The molecule has 6 heteroatoms. The topological polar surface area (TPSA) is 72.2 Å². The number of hydrogen-bond acceptors (Lipinski definition) is 6. The van der Waals surface area contributed by atoms with Crippen LogP contribution < -0.4 is 31.9 Å². The Labute approximate surface area is 125 Å². The van der Waals surface area contributed by atoms with E-state index in [0.717, 1.165) is 72.0 Å². The van der Waals surface area contributed by atoms with Crippen molar-refractivity contribution in [3.8, 4) is 0 Å². The molecule has 20 heavy (non-hydrogen) atoms. The molecule has 0 saturated carbocycles. The maximum absolute atomic E-state index is 3.42. The molecular formula is C14H36N6. The maximum Gasteiger partial charge on any atom is 0.00772 e. The van der Waals surface area contributed by atoms with Crippen LogP contribution >= 0.6 is 0 Å². The Hall–Kier alpha value is -0.240. The lowest BCUT2D eigenvalue weighted by Gasteiger charge is -2.08. The van der Waals surface area contributed by atoms with E-state index in [0.29, 0.717) is 0 Å². The first kappa shape index (κ1) is 19.8. The van der Waals surface area contributed by atoms with E-state index >= 15 is 0 Å². The summed E-state index contributed by atoms with van der Waals surface area (Å²) in [5.41, 5.74) is 0. The first-order chi connectivity index (χ1) is 9.91. The minimum Gasteiger partial charge on any atom is -0.318 e. The predicted octanol–water partition coefficient (Wildman–Crippen LogP) is -1.44. The minimum absolute atomic E-state index is 1.03. The third kappa shape index (κ3) is 17.8. The number of nitrogens with one attached hydrogen (secondary N) is 6. The van der Waals surface area contributed by atoms with Gasteiger partial charge in [0, 0.05) is 65.4 Å². The van der Waals surface area contributed by atoms with Gasteiger partial charge in [-0.25, -0.2) is 0 Å². The Morgan fingerprint density at radius 1 is 0.450 bits per heavy atom. The van der Waals surface area contributed by atoms with Crippen LogP contribution in [0.5, 0.6) is 0 Å². The lowest BCUT2D eigenvalue weighted by Crippen LogP contribution is -2.37. The molecule has 0 bridgehead atoms. The number of hydrogen-bond donors (Lipinski definition) is 6. The fourth-order valence-electron chi connectivity index (χ4n) is 1.72. The van der Waals surface area contributed by atoms with Crippen molar-refractivity contribution in [3.63, 3.8) is 0 Å². The highest BCUT2D eigenvalue weighted by atomic mass is 15.0. The van der Waals surface area contributed by atoms with Crippen LogP contribution in [0.3, 0.4) is 0 Å². The van der Waals surface area contributed by atoms with E-state index in [4.69, 9.17) is 0 Å². The second-order valence-electron chi connectivity index (χ2n) is 4.85. The summed E-state index contributed by atoms with van der Waals surface area (Å²) in [7, 11) is 1.97. The first-order valence-corrected chi connectivity index (χ1v) is 8.10. The largest absolute Gasteiger partial charge is 0.318 e. The molecule has 0 aromatic rings. The second-order valence-corrected chi connectivity index (χ2v) is 4.85. The van der Waals surface area contributed by atoms with Crippen molar-refractivity contribution in [2.24, 2.45) is 0 Å². The zero-order chi connectivity index (χ0) is 14.7. The Morgan fingerprint density at radius 3 is 1.05 bits per heavy atom. The van der Waals surface area contributed by atoms with Crippen LogP contribution in [0.15, 0.2) is 0 Å². The SMILES string of the molecule is CCCNCCNCCNCCNCCNCCNC. The van der Waals surface area contributed by atoms with Crippen molar-refractivity contribution in [1.29, 1.82) is 0 Å². The summed E-state index contributed by atoms with van der Waals surface area (Å²) in [6.45, 7) is 13.7. The molecule has 0 aliphatic heterocycles. The molecule has 0 aromatic carbocycles. The summed E-state index contributed by atoms with van der Waals surface area (Å²) in [5.74, 6) is 0. The van der Waals surface area contributed by atoms with E-state index < -0.39 is 0 Å². The van der Waals surface area contributed by atoms with Crippen molar-refractivity contribution in [2.45, 2.75) is 13.3 Å². The smallest absolute Gasteiger partial charge is 0.00772 e. The molecule has 6 nitrogen and oxygen atoms in total. The monoisotopic (exact) mass is 288 g/mol. The lowest BCUT2D eigenvalue weighted by atomic mass is 10.4. The molecule has 0 heterocycles. The molecule has 0 aromatic heterocycles. The highest BCUT2D eigenvalue weighted by molar-refractivity contribution is 4.57. The summed E-state index contributed by atoms with van der Waals surface area (Å²) < 4.78 is 0. The van der Waals surface area contributed by atoms with Crippen LogP contribution in [-0.4, -0.2) is 79.0 Å². The summed E-state index contributed by atoms with van der Waals surface area (Å²) in [5, 5.41) is 20.1. The molecule has 0 unspecified atom stereocenters. The van der Waals surface area contributed by atoms with Crippen molar-refractivity contribution in [2.75, 3.05) is 79.0 Å². The first-order valence-electron chi connectivity index (χ1n) is 8.10. The molecule has 0 saturated heterocycles. The predicted molar refractivity (Wildman–Crippen MR) is 88.6 cm³/mol. The molecule has 0 fully saturated rings. The van der Waals surface area contributed by atoms with Crippen LogP contribution in [0.4, 0.5) is 0 Å². The Bertz CT molecular complexity index is 150.